The molecule has 0 unspecified atom stereocenters. The molecule has 7 heteroatoms. The predicted molar refractivity (Wildman–Crippen MR) is 69.7 cm³/mol. The standard InChI is InChI=1S/C12H14N2O4S/c15-11(16)7-3-4-8-13-12-9-5-1-2-6-10(9)19(17,18)14-12/h1-2,5-6H,3-4,7-8H2,(H,13,14)(H,15,16). The van der Waals surface area contributed by atoms with E-state index < -0.39 is 16.0 Å². The molecule has 0 saturated heterocycles. The van der Waals surface area contributed by atoms with Crippen molar-refractivity contribution < 1.29 is 18.3 Å². The molecule has 2 rings (SSSR count). The summed E-state index contributed by atoms with van der Waals surface area (Å²) in [5, 5.41) is 8.50. The third kappa shape index (κ3) is 3.11. The van der Waals surface area contributed by atoms with Gasteiger partial charge in [0.05, 0.1) is 4.90 Å². The molecule has 102 valence electrons. The largest absolute Gasteiger partial charge is 0.481 e. The summed E-state index contributed by atoms with van der Waals surface area (Å²) in [4.78, 5) is 14.8. The van der Waals surface area contributed by atoms with Gasteiger partial charge in [-0.25, -0.2) is 8.42 Å². The van der Waals surface area contributed by atoms with Crippen LogP contribution in [0.25, 0.3) is 0 Å². The molecule has 1 aromatic rings. The number of unbranched alkanes of at least 4 members (excludes halogenated alkanes) is 1. The molecule has 0 fully saturated rings. The molecular formula is C12H14N2O4S. The van der Waals surface area contributed by atoms with E-state index in [-0.39, 0.29) is 11.3 Å². The number of carboxylic acid groups (broad SMARTS) is 1. The van der Waals surface area contributed by atoms with E-state index in [4.69, 9.17) is 5.11 Å². The summed E-state index contributed by atoms with van der Waals surface area (Å²) in [6, 6.07) is 6.64. The first kappa shape index (κ1) is 13.5. The molecule has 1 heterocycles. The molecule has 6 nitrogen and oxygen atoms in total. The lowest BCUT2D eigenvalue weighted by molar-refractivity contribution is -0.137. The van der Waals surface area contributed by atoms with E-state index in [1.54, 1.807) is 18.2 Å². The Hall–Kier alpha value is -1.89. The van der Waals surface area contributed by atoms with E-state index in [1.165, 1.54) is 6.07 Å². The number of benzene rings is 1. The Balaban J connectivity index is 2.05. The molecule has 0 aromatic heterocycles. The maximum Gasteiger partial charge on any atom is 0.303 e. The van der Waals surface area contributed by atoms with E-state index in [9.17, 15) is 13.2 Å². The molecule has 0 atom stereocenters. The summed E-state index contributed by atoms with van der Waals surface area (Å²) in [6.07, 6.45) is 1.24. The van der Waals surface area contributed by atoms with Gasteiger partial charge in [-0.05, 0) is 25.0 Å². The Morgan fingerprint density at radius 2 is 2.00 bits per heavy atom. The molecule has 0 amide bonds. The Bertz CT molecular complexity index is 622. The van der Waals surface area contributed by atoms with E-state index in [2.05, 4.69) is 9.71 Å². The fourth-order valence-electron chi connectivity index (χ4n) is 1.83. The smallest absolute Gasteiger partial charge is 0.303 e. The molecule has 1 aliphatic heterocycles. The number of hydrogen-bond acceptors (Lipinski definition) is 4. The first-order chi connectivity index (χ1) is 9.00. The number of carboxylic acids is 1. The Morgan fingerprint density at radius 1 is 1.26 bits per heavy atom. The van der Waals surface area contributed by atoms with E-state index in [0.717, 1.165) is 0 Å². The summed E-state index contributed by atoms with van der Waals surface area (Å²) < 4.78 is 25.9. The van der Waals surface area contributed by atoms with Crippen molar-refractivity contribution in [1.29, 1.82) is 0 Å². The Kier molecular flexibility index (Phi) is 3.84. The van der Waals surface area contributed by atoms with Crippen LogP contribution in [0.5, 0.6) is 0 Å². The van der Waals surface area contributed by atoms with Crippen molar-refractivity contribution in [3.8, 4) is 0 Å². The van der Waals surface area contributed by atoms with Gasteiger partial charge >= 0.3 is 5.97 Å². The molecular weight excluding hydrogens is 268 g/mol. The van der Waals surface area contributed by atoms with Gasteiger partial charge in [-0.3, -0.25) is 14.5 Å². The van der Waals surface area contributed by atoms with Crippen molar-refractivity contribution in [2.75, 3.05) is 6.54 Å². The SMILES string of the molecule is O=C(O)CCCCN=C1NS(=O)(=O)c2ccccc21. The van der Waals surface area contributed by atoms with Crippen molar-refractivity contribution in [2.24, 2.45) is 4.99 Å². The number of nitrogens with zero attached hydrogens (tertiary/aromatic N) is 1. The van der Waals surface area contributed by atoms with Gasteiger partial charge in [0.15, 0.2) is 0 Å². The minimum atomic E-state index is -3.49. The van der Waals surface area contributed by atoms with E-state index >= 15 is 0 Å². The maximum absolute atomic E-state index is 11.8. The molecule has 0 bridgehead atoms. The van der Waals surface area contributed by atoms with Gasteiger partial charge < -0.3 is 5.11 Å². The molecule has 0 radical (unpaired) electrons. The summed E-state index contributed by atoms with van der Waals surface area (Å²) in [6.45, 7) is 0.402. The van der Waals surface area contributed by atoms with Crippen LogP contribution in [0.15, 0.2) is 34.2 Å². The van der Waals surface area contributed by atoms with Gasteiger partial charge in [0, 0.05) is 18.5 Å². The van der Waals surface area contributed by atoms with Crippen LogP contribution in [0.3, 0.4) is 0 Å². The number of amidine groups is 1. The monoisotopic (exact) mass is 282 g/mol. The highest BCUT2D eigenvalue weighted by molar-refractivity contribution is 7.90. The molecule has 19 heavy (non-hydrogen) atoms. The van der Waals surface area contributed by atoms with Crippen LogP contribution < -0.4 is 4.72 Å². The Morgan fingerprint density at radius 3 is 2.74 bits per heavy atom. The third-order valence-electron chi connectivity index (χ3n) is 2.73. The number of nitrogens with one attached hydrogen (secondary N) is 1. The number of carbonyl (C=O) groups is 1. The number of aliphatic imine (C=N–C) groups is 1. The normalized spacial score (nSPS) is 18.0. The van der Waals surface area contributed by atoms with Gasteiger partial charge in [0.2, 0.25) is 0 Å². The van der Waals surface area contributed by atoms with E-state index in [1.807, 2.05) is 0 Å². The quantitative estimate of drug-likeness (QED) is 0.787. The molecule has 0 saturated carbocycles. The first-order valence-corrected chi connectivity index (χ1v) is 7.37. The fraction of sp³-hybridized carbons (Fsp3) is 0.333. The summed E-state index contributed by atoms with van der Waals surface area (Å²) in [5.74, 6) is -0.495. The van der Waals surface area contributed by atoms with Gasteiger partial charge in [0.25, 0.3) is 10.0 Å². The molecule has 1 aromatic carbocycles. The van der Waals surface area contributed by atoms with Crippen molar-refractivity contribution in [3.63, 3.8) is 0 Å². The molecule has 0 aliphatic carbocycles. The number of hydrogen-bond donors (Lipinski definition) is 2. The summed E-state index contributed by atoms with van der Waals surface area (Å²) in [7, 11) is -3.49. The number of fused-ring (bicyclic) bond motifs is 1. The second-order valence-corrected chi connectivity index (χ2v) is 5.83. The van der Waals surface area contributed by atoms with Gasteiger partial charge in [-0.15, -0.1) is 0 Å². The minimum Gasteiger partial charge on any atom is -0.481 e. The first-order valence-electron chi connectivity index (χ1n) is 5.89. The second kappa shape index (κ2) is 5.40. The highest BCUT2D eigenvalue weighted by Crippen LogP contribution is 2.22. The maximum atomic E-state index is 11.8. The number of rotatable bonds is 5. The van der Waals surface area contributed by atoms with Gasteiger partial charge in [-0.2, -0.15) is 0 Å². The van der Waals surface area contributed by atoms with Gasteiger partial charge in [0.1, 0.15) is 5.84 Å². The zero-order chi connectivity index (χ0) is 13.9. The fourth-order valence-corrected chi connectivity index (χ4v) is 3.08. The van der Waals surface area contributed by atoms with Crippen molar-refractivity contribution >= 4 is 21.8 Å². The molecule has 2 N–H and O–H groups in total. The summed E-state index contributed by atoms with van der Waals surface area (Å²) >= 11 is 0. The zero-order valence-electron chi connectivity index (χ0n) is 10.2. The Labute approximate surface area is 111 Å². The van der Waals surface area contributed by atoms with Crippen LogP contribution >= 0.6 is 0 Å². The van der Waals surface area contributed by atoms with Crippen LogP contribution in [-0.2, 0) is 14.8 Å². The van der Waals surface area contributed by atoms with Crippen molar-refractivity contribution in [2.45, 2.75) is 24.2 Å². The summed E-state index contributed by atoms with van der Waals surface area (Å²) in [5.41, 5.74) is 0.570. The lowest BCUT2D eigenvalue weighted by Gasteiger charge is -1.98. The second-order valence-electron chi connectivity index (χ2n) is 4.18. The van der Waals surface area contributed by atoms with Crippen LogP contribution in [-0.4, -0.2) is 31.9 Å². The zero-order valence-corrected chi connectivity index (χ0v) is 11.0. The van der Waals surface area contributed by atoms with E-state index in [0.29, 0.717) is 30.8 Å². The average Bonchev–Trinajstić information content (AvgIpc) is 2.61. The van der Waals surface area contributed by atoms with Crippen LogP contribution in [0.2, 0.25) is 0 Å². The highest BCUT2D eigenvalue weighted by Gasteiger charge is 2.29. The topological polar surface area (TPSA) is 95.8 Å². The average molecular weight is 282 g/mol. The van der Waals surface area contributed by atoms with Crippen LogP contribution in [0.1, 0.15) is 24.8 Å². The highest BCUT2D eigenvalue weighted by atomic mass is 32.2. The number of sulfonamides is 1. The number of aliphatic carboxylic acids is 1. The lowest BCUT2D eigenvalue weighted by atomic mass is 10.2. The molecule has 0 spiro atoms. The van der Waals surface area contributed by atoms with Crippen molar-refractivity contribution in [3.05, 3.63) is 29.8 Å². The van der Waals surface area contributed by atoms with Crippen molar-refractivity contribution in [1.82, 2.24) is 4.72 Å². The van der Waals surface area contributed by atoms with Gasteiger partial charge in [-0.1, -0.05) is 12.1 Å². The van der Waals surface area contributed by atoms with Crippen LogP contribution in [0, 0.1) is 0 Å². The third-order valence-corrected chi connectivity index (χ3v) is 4.13. The molecule has 1 aliphatic rings. The predicted octanol–water partition coefficient (Wildman–Crippen LogP) is 0.980. The van der Waals surface area contributed by atoms with Crippen LogP contribution in [0.4, 0.5) is 0 Å². The lowest BCUT2D eigenvalue weighted by Crippen LogP contribution is -2.22. The minimum absolute atomic E-state index is 0.104.